The summed E-state index contributed by atoms with van der Waals surface area (Å²) in [7, 11) is 1.64. The Hall–Kier alpha value is -0.830. The van der Waals surface area contributed by atoms with E-state index in [1.54, 1.807) is 7.11 Å². The van der Waals surface area contributed by atoms with Gasteiger partial charge in [0.05, 0.1) is 7.11 Å². The molecule has 0 saturated heterocycles. The molecule has 0 aliphatic heterocycles. The molecule has 1 aromatic carbocycles. The number of methoxy groups -OCH3 is 1. The molecule has 14 heavy (non-hydrogen) atoms. The molecule has 1 atom stereocenters. The van der Waals surface area contributed by atoms with Gasteiger partial charge >= 0.3 is 0 Å². The summed E-state index contributed by atoms with van der Waals surface area (Å²) >= 11 is 3.40. The molecule has 0 radical (unpaired) electrons. The Morgan fingerprint density at radius 1 is 1.57 bits per heavy atom. The van der Waals surface area contributed by atoms with E-state index in [4.69, 9.17) is 4.74 Å². The molecule has 0 amide bonds. The summed E-state index contributed by atoms with van der Waals surface area (Å²) in [6.07, 6.45) is 0.945. The molecule has 76 valence electrons. The van der Waals surface area contributed by atoms with E-state index in [1.165, 1.54) is 0 Å². The highest BCUT2D eigenvalue weighted by Crippen LogP contribution is 2.28. The first kappa shape index (κ1) is 11.2. The summed E-state index contributed by atoms with van der Waals surface area (Å²) < 4.78 is 5.23. The van der Waals surface area contributed by atoms with Gasteiger partial charge in [-0.1, -0.05) is 35.0 Å². The maximum Gasteiger partial charge on any atom is 0.127 e. The van der Waals surface area contributed by atoms with Crippen LogP contribution < -0.4 is 4.74 Å². The Kier molecular flexibility index (Phi) is 4.14. The molecule has 0 bridgehead atoms. The van der Waals surface area contributed by atoms with Gasteiger partial charge in [-0.25, -0.2) is 0 Å². The molecule has 3 heteroatoms. The Balaban J connectivity index is 3.21. The molecule has 2 nitrogen and oxygen atoms in total. The van der Waals surface area contributed by atoms with Gasteiger partial charge in [0.2, 0.25) is 0 Å². The number of rotatable bonds is 4. The molecule has 1 aromatic rings. The summed E-state index contributed by atoms with van der Waals surface area (Å²) in [6, 6.07) is 5.76. The Bertz CT molecular complexity index is 323. The first-order valence-corrected chi connectivity index (χ1v) is 5.53. The SMILES string of the molecule is COc1cccc(C(C)C=O)c1CBr. The zero-order valence-corrected chi connectivity index (χ0v) is 9.87. The summed E-state index contributed by atoms with van der Waals surface area (Å²) in [5.41, 5.74) is 2.07. The second-order valence-electron chi connectivity index (χ2n) is 3.09. The Labute approximate surface area is 92.4 Å². The van der Waals surface area contributed by atoms with E-state index in [-0.39, 0.29) is 5.92 Å². The van der Waals surface area contributed by atoms with Crippen molar-refractivity contribution in [3.63, 3.8) is 0 Å². The van der Waals surface area contributed by atoms with E-state index in [9.17, 15) is 4.79 Å². The van der Waals surface area contributed by atoms with E-state index in [2.05, 4.69) is 15.9 Å². The topological polar surface area (TPSA) is 26.3 Å². The van der Waals surface area contributed by atoms with Crippen LogP contribution in [0.15, 0.2) is 18.2 Å². The minimum absolute atomic E-state index is 0.0855. The van der Waals surface area contributed by atoms with Crippen LogP contribution in [0.4, 0.5) is 0 Å². The third-order valence-electron chi connectivity index (χ3n) is 2.22. The maximum atomic E-state index is 10.7. The normalized spacial score (nSPS) is 12.2. The lowest BCUT2D eigenvalue weighted by molar-refractivity contribution is -0.108. The number of aldehydes is 1. The van der Waals surface area contributed by atoms with Gasteiger partial charge in [-0.3, -0.25) is 0 Å². The fourth-order valence-corrected chi connectivity index (χ4v) is 2.02. The van der Waals surface area contributed by atoms with Crippen molar-refractivity contribution in [3.05, 3.63) is 29.3 Å². The van der Waals surface area contributed by atoms with Crippen molar-refractivity contribution in [2.75, 3.05) is 7.11 Å². The summed E-state index contributed by atoms with van der Waals surface area (Å²) in [6.45, 7) is 1.88. The third-order valence-corrected chi connectivity index (χ3v) is 2.78. The quantitative estimate of drug-likeness (QED) is 0.612. The predicted molar refractivity (Wildman–Crippen MR) is 60.1 cm³/mol. The van der Waals surface area contributed by atoms with Gasteiger partial charge in [0, 0.05) is 16.8 Å². The van der Waals surface area contributed by atoms with Gasteiger partial charge in [0.15, 0.2) is 0 Å². The number of hydrogen-bond acceptors (Lipinski definition) is 2. The number of ether oxygens (including phenoxy) is 1. The van der Waals surface area contributed by atoms with Crippen LogP contribution in [-0.2, 0) is 10.1 Å². The van der Waals surface area contributed by atoms with Gasteiger partial charge in [-0.15, -0.1) is 0 Å². The van der Waals surface area contributed by atoms with Crippen LogP contribution >= 0.6 is 15.9 Å². The number of benzene rings is 1. The van der Waals surface area contributed by atoms with Crippen molar-refractivity contribution in [2.24, 2.45) is 0 Å². The number of carbonyl (C=O) groups is 1. The molecule has 0 spiro atoms. The highest BCUT2D eigenvalue weighted by Gasteiger charge is 2.12. The average Bonchev–Trinajstić information content (AvgIpc) is 2.26. The third kappa shape index (κ3) is 2.15. The zero-order valence-electron chi connectivity index (χ0n) is 8.29. The molecule has 0 aliphatic carbocycles. The summed E-state index contributed by atoms with van der Waals surface area (Å²) in [5.74, 6) is 0.741. The number of halogens is 1. The minimum atomic E-state index is -0.0855. The minimum Gasteiger partial charge on any atom is -0.496 e. The zero-order chi connectivity index (χ0) is 10.6. The lowest BCUT2D eigenvalue weighted by atomic mass is 9.97. The first-order chi connectivity index (χ1) is 6.74. The molecule has 0 fully saturated rings. The van der Waals surface area contributed by atoms with Crippen molar-refractivity contribution in [1.82, 2.24) is 0 Å². The predicted octanol–water partition coefficient (Wildman–Crippen LogP) is 2.89. The van der Waals surface area contributed by atoms with E-state index in [1.807, 2.05) is 25.1 Å². The van der Waals surface area contributed by atoms with E-state index < -0.39 is 0 Å². The maximum absolute atomic E-state index is 10.7. The first-order valence-electron chi connectivity index (χ1n) is 4.41. The summed E-state index contributed by atoms with van der Waals surface area (Å²) in [5, 5.41) is 0.699. The van der Waals surface area contributed by atoms with Crippen molar-refractivity contribution in [3.8, 4) is 5.75 Å². The highest BCUT2D eigenvalue weighted by molar-refractivity contribution is 9.08. The molecular weight excluding hydrogens is 244 g/mol. The van der Waals surface area contributed by atoms with E-state index in [0.29, 0.717) is 5.33 Å². The largest absolute Gasteiger partial charge is 0.496 e. The van der Waals surface area contributed by atoms with Crippen LogP contribution in [0.5, 0.6) is 5.75 Å². The standard InChI is InChI=1S/C11H13BrO2/c1-8(7-13)9-4-3-5-11(14-2)10(9)6-12/h3-5,7-8H,6H2,1-2H3. The fraction of sp³-hybridized carbons (Fsp3) is 0.364. The lowest BCUT2D eigenvalue weighted by Crippen LogP contribution is -2.01. The fourth-order valence-electron chi connectivity index (χ4n) is 1.42. The molecular formula is C11H13BrO2. The van der Waals surface area contributed by atoms with Gasteiger partial charge in [-0.05, 0) is 11.6 Å². The monoisotopic (exact) mass is 256 g/mol. The van der Waals surface area contributed by atoms with Crippen LogP contribution in [0.3, 0.4) is 0 Å². The molecule has 1 unspecified atom stereocenters. The number of hydrogen-bond donors (Lipinski definition) is 0. The summed E-state index contributed by atoms with van der Waals surface area (Å²) in [4.78, 5) is 10.7. The lowest BCUT2D eigenvalue weighted by Gasteiger charge is -2.13. The van der Waals surface area contributed by atoms with E-state index >= 15 is 0 Å². The van der Waals surface area contributed by atoms with Crippen LogP contribution in [0.1, 0.15) is 24.0 Å². The smallest absolute Gasteiger partial charge is 0.127 e. The van der Waals surface area contributed by atoms with Gasteiger partial charge < -0.3 is 9.53 Å². The Morgan fingerprint density at radius 3 is 2.79 bits per heavy atom. The van der Waals surface area contributed by atoms with Crippen molar-refractivity contribution in [2.45, 2.75) is 18.2 Å². The van der Waals surface area contributed by atoms with Crippen molar-refractivity contribution >= 4 is 22.2 Å². The second kappa shape index (κ2) is 5.15. The number of alkyl halides is 1. The average molecular weight is 257 g/mol. The van der Waals surface area contributed by atoms with Gasteiger partial charge in [0.25, 0.3) is 0 Å². The second-order valence-corrected chi connectivity index (χ2v) is 3.65. The Morgan fingerprint density at radius 2 is 2.29 bits per heavy atom. The number of carbonyl (C=O) groups excluding carboxylic acids is 1. The van der Waals surface area contributed by atoms with Crippen LogP contribution in [0.2, 0.25) is 0 Å². The van der Waals surface area contributed by atoms with Gasteiger partial charge in [0.1, 0.15) is 12.0 Å². The van der Waals surface area contributed by atoms with E-state index in [0.717, 1.165) is 23.2 Å². The molecule has 0 aromatic heterocycles. The molecule has 0 aliphatic rings. The molecule has 1 rings (SSSR count). The highest BCUT2D eigenvalue weighted by atomic mass is 79.9. The molecule has 0 N–H and O–H groups in total. The van der Waals surface area contributed by atoms with Crippen LogP contribution in [0, 0.1) is 0 Å². The molecule has 0 heterocycles. The van der Waals surface area contributed by atoms with Gasteiger partial charge in [-0.2, -0.15) is 0 Å². The molecule has 0 saturated carbocycles. The van der Waals surface area contributed by atoms with Crippen molar-refractivity contribution in [1.29, 1.82) is 0 Å². The van der Waals surface area contributed by atoms with Crippen molar-refractivity contribution < 1.29 is 9.53 Å². The van der Waals surface area contributed by atoms with Crippen LogP contribution in [0.25, 0.3) is 0 Å². The van der Waals surface area contributed by atoms with Crippen LogP contribution in [-0.4, -0.2) is 13.4 Å².